The number of primary amides is 1. The maximum Gasteiger partial charge on any atom is 0.247 e. The van der Waals surface area contributed by atoms with Gasteiger partial charge < -0.3 is 10.5 Å². The second-order valence-corrected chi connectivity index (χ2v) is 11.1. The van der Waals surface area contributed by atoms with Crippen molar-refractivity contribution in [1.82, 2.24) is 9.88 Å². The van der Waals surface area contributed by atoms with Crippen LogP contribution in [0.25, 0.3) is 10.2 Å². The van der Waals surface area contributed by atoms with Crippen molar-refractivity contribution in [3.8, 4) is 23.3 Å². The van der Waals surface area contributed by atoms with Crippen molar-refractivity contribution < 1.29 is 18.7 Å². The van der Waals surface area contributed by atoms with Crippen LogP contribution in [-0.2, 0) is 9.59 Å². The molecule has 0 saturated heterocycles. The first kappa shape index (κ1) is 28.3. The van der Waals surface area contributed by atoms with E-state index in [9.17, 15) is 14.0 Å². The van der Waals surface area contributed by atoms with Gasteiger partial charge >= 0.3 is 0 Å². The molecule has 4 aromatic rings. The molecule has 0 atom stereocenters. The molecule has 2 aromatic carbocycles. The van der Waals surface area contributed by atoms with Gasteiger partial charge in [0.05, 0.1) is 21.6 Å². The Labute approximate surface area is 242 Å². The number of hydrogen-bond donors (Lipinski definition) is 1. The first-order valence-corrected chi connectivity index (χ1v) is 14.4. The number of ether oxygens (including phenoxy) is 1. The van der Waals surface area contributed by atoms with Crippen molar-refractivity contribution in [2.45, 2.75) is 33.6 Å². The molecule has 1 fully saturated rings. The van der Waals surface area contributed by atoms with E-state index in [1.807, 2.05) is 25.1 Å². The van der Waals surface area contributed by atoms with Crippen molar-refractivity contribution in [2.75, 3.05) is 24.5 Å². The first-order chi connectivity index (χ1) is 19.8. The summed E-state index contributed by atoms with van der Waals surface area (Å²) >= 11 is 1.53. The van der Waals surface area contributed by atoms with Crippen LogP contribution in [0.1, 0.15) is 37.1 Å². The molecule has 1 aliphatic rings. The summed E-state index contributed by atoms with van der Waals surface area (Å²) < 4.78 is 20.9. The van der Waals surface area contributed by atoms with E-state index in [4.69, 9.17) is 10.5 Å². The van der Waals surface area contributed by atoms with E-state index in [0.29, 0.717) is 42.3 Å². The molecule has 9 heteroatoms. The molecule has 0 spiro atoms. The lowest BCUT2D eigenvalue weighted by molar-refractivity contribution is -0.133. The lowest BCUT2D eigenvalue weighted by atomic mass is 10.0. The zero-order chi connectivity index (χ0) is 29.1. The number of pyridine rings is 1. The second-order valence-electron chi connectivity index (χ2n) is 10.0. The molecule has 2 aromatic heterocycles. The molecule has 0 radical (unpaired) electrons. The summed E-state index contributed by atoms with van der Waals surface area (Å²) in [5.41, 5.74) is 6.92. The molecule has 5 rings (SSSR count). The van der Waals surface area contributed by atoms with E-state index >= 15 is 0 Å². The van der Waals surface area contributed by atoms with E-state index in [1.54, 1.807) is 18.3 Å². The van der Waals surface area contributed by atoms with Crippen molar-refractivity contribution >= 4 is 44.7 Å². The van der Waals surface area contributed by atoms with Gasteiger partial charge in [-0.3, -0.25) is 24.4 Å². The second kappa shape index (κ2) is 11.7. The highest BCUT2D eigenvalue weighted by Gasteiger charge is 2.57. The molecule has 0 aliphatic heterocycles. The minimum absolute atomic E-state index is 0.389. The Morgan fingerprint density at radius 1 is 1.05 bits per heavy atom. The number of carbonyl (C=O) groups excluding carboxylic acids is 2. The molecule has 41 heavy (non-hydrogen) atoms. The molecule has 2 heterocycles. The number of nitrogens with two attached hydrogens (primary N) is 1. The number of fused-ring (bicyclic) bond motifs is 1. The highest BCUT2D eigenvalue weighted by molar-refractivity contribution is 7.19. The predicted molar refractivity (Wildman–Crippen MR) is 160 cm³/mol. The number of anilines is 2. The zero-order valence-electron chi connectivity index (χ0n) is 23.2. The minimum atomic E-state index is -1.24. The number of hydrogen-bond acceptors (Lipinski definition) is 6. The lowest BCUT2D eigenvalue weighted by Gasteiger charge is -2.27. The Morgan fingerprint density at radius 3 is 2.39 bits per heavy atom. The van der Waals surface area contributed by atoms with Gasteiger partial charge in [0.15, 0.2) is 0 Å². The largest absolute Gasteiger partial charge is 0.455 e. The maximum absolute atomic E-state index is 13.7. The standard InChI is InChI=1S/C32H31FN4O3S/c1-4-36(5-2)18-6-7-25-20-26-29(41-25)28(14-17-35-26)40-27-13-12-24(19-21(27)3)37(23-10-8-22(33)9-11-23)31(39)32(15-16-32)30(34)38/h8-14,17,19-20H,4-5,15-16,18H2,1-3H3,(H2,34,38). The number of amides is 2. The maximum atomic E-state index is 13.7. The van der Waals surface area contributed by atoms with Crippen molar-refractivity contribution in [1.29, 1.82) is 0 Å². The highest BCUT2D eigenvalue weighted by Crippen LogP contribution is 2.49. The Kier molecular flexibility index (Phi) is 8.06. The van der Waals surface area contributed by atoms with Gasteiger partial charge in [-0.2, -0.15) is 0 Å². The molecule has 1 saturated carbocycles. The van der Waals surface area contributed by atoms with Gasteiger partial charge in [-0.05, 0) is 86.9 Å². The van der Waals surface area contributed by atoms with Crippen LogP contribution in [-0.4, -0.2) is 41.3 Å². The minimum Gasteiger partial charge on any atom is -0.455 e. The molecule has 210 valence electrons. The van der Waals surface area contributed by atoms with Crippen molar-refractivity contribution in [3.63, 3.8) is 0 Å². The lowest BCUT2D eigenvalue weighted by Crippen LogP contribution is -2.41. The molecule has 0 bridgehead atoms. The quantitative estimate of drug-likeness (QED) is 0.192. The summed E-state index contributed by atoms with van der Waals surface area (Å²) in [6, 6.07) is 14.7. The third kappa shape index (κ3) is 5.80. The normalized spacial score (nSPS) is 13.5. The molecule has 2 N–H and O–H groups in total. The van der Waals surface area contributed by atoms with Gasteiger partial charge in [0.1, 0.15) is 22.7 Å². The van der Waals surface area contributed by atoms with Crippen molar-refractivity contribution in [3.05, 3.63) is 77.1 Å². The first-order valence-electron chi connectivity index (χ1n) is 13.5. The van der Waals surface area contributed by atoms with Crippen LogP contribution >= 0.6 is 11.3 Å². The van der Waals surface area contributed by atoms with E-state index in [-0.39, 0.29) is 0 Å². The van der Waals surface area contributed by atoms with Gasteiger partial charge in [-0.1, -0.05) is 25.7 Å². The number of rotatable bonds is 9. The third-order valence-electron chi connectivity index (χ3n) is 7.34. The average Bonchev–Trinajstić information content (AvgIpc) is 3.68. The summed E-state index contributed by atoms with van der Waals surface area (Å²) in [4.78, 5) is 34.9. The van der Waals surface area contributed by atoms with Crippen LogP contribution in [0.4, 0.5) is 15.8 Å². The smallest absolute Gasteiger partial charge is 0.247 e. The van der Waals surface area contributed by atoms with E-state index < -0.39 is 23.0 Å². The Balaban J connectivity index is 1.44. The number of aromatic nitrogens is 1. The van der Waals surface area contributed by atoms with E-state index in [1.165, 1.54) is 40.5 Å². The Morgan fingerprint density at radius 2 is 1.76 bits per heavy atom. The zero-order valence-corrected chi connectivity index (χ0v) is 24.1. The highest BCUT2D eigenvalue weighted by atomic mass is 32.1. The molecular weight excluding hydrogens is 539 g/mol. The van der Waals surface area contributed by atoms with Gasteiger partial charge in [-0.15, -0.1) is 11.3 Å². The summed E-state index contributed by atoms with van der Waals surface area (Å²) in [6.07, 6.45) is 2.48. The monoisotopic (exact) mass is 570 g/mol. The van der Waals surface area contributed by atoms with Gasteiger partial charge in [0.25, 0.3) is 0 Å². The molecular formula is C32H31FN4O3S. The number of thiophene rings is 1. The number of benzene rings is 2. The van der Waals surface area contributed by atoms with Crippen LogP contribution in [0, 0.1) is 30.0 Å². The van der Waals surface area contributed by atoms with Crippen LogP contribution in [0.3, 0.4) is 0 Å². The summed E-state index contributed by atoms with van der Waals surface area (Å²) in [7, 11) is 0. The molecule has 1 aliphatic carbocycles. The number of nitrogens with zero attached hydrogens (tertiary/aromatic N) is 3. The van der Waals surface area contributed by atoms with Crippen molar-refractivity contribution in [2.24, 2.45) is 11.1 Å². The van der Waals surface area contributed by atoms with Crippen LogP contribution < -0.4 is 15.4 Å². The fraction of sp³-hybridized carbons (Fsp3) is 0.281. The number of halogens is 1. The molecule has 0 unspecified atom stereocenters. The van der Waals surface area contributed by atoms with Gasteiger partial charge in [-0.25, -0.2) is 4.39 Å². The topological polar surface area (TPSA) is 88.8 Å². The van der Waals surface area contributed by atoms with E-state index in [2.05, 4.69) is 35.6 Å². The van der Waals surface area contributed by atoms with Crippen LogP contribution in [0.5, 0.6) is 11.5 Å². The SMILES string of the molecule is CCN(CC)CC#Cc1cc2nccc(Oc3ccc(N(C(=O)C4(C(N)=O)CC4)c4ccc(F)cc4)cc3C)c2s1. The summed E-state index contributed by atoms with van der Waals surface area (Å²) in [5.74, 6) is 6.25. The summed E-state index contributed by atoms with van der Waals surface area (Å²) in [5, 5.41) is 0. The number of carbonyl (C=O) groups is 2. The van der Waals surface area contributed by atoms with Crippen LogP contribution in [0.15, 0.2) is 60.8 Å². The third-order valence-corrected chi connectivity index (χ3v) is 8.39. The molecule has 7 nitrogen and oxygen atoms in total. The van der Waals surface area contributed by atoms with Gasteiger partial charge in [0, 0.05) is 23.6 Å². The number of aryl methyl sites for hydroxylation is 1. The Bertz CT molecular complexity index is 1660. The predicted octanol–water partition coefficient (Wildman–Crippen LogP) is 6.16. The summed E-state index contributed by atoms with van der Waals surface area (Å²) in [6.45, 7) is 8.74. The fourth-order valence-electron chi connectivity index (χ4n) is 4.63. The Hall–Kier alpha value is -4.26. The van der Waals surface area contributed by atoms with Crippen LogP contribution in [0.2, 0.25) is 0 Å². The molecule has 2 amide bonds. The van der Waals surface area contributed by atoms with Gasteiger partial charge in [0.2, 0.25) is 11.8 Å². The van der Waals surface area contributed by atoms with E-state index in [0.717, 1.165) is 33.7 Å². The average molecular weight is 571 g/mol. The fourth-order valence-corrected chi connectivity index (χ4v) is 5.57.